The number of hydrogen-bond acceptors (Lipinski definition) is 4. The molecule has 5 nitrogen and oxygen atoms in total. The number of nitrogens with one attached hydrogen (secondary N) is 1. The van der Waals surface area contributed by atoms with Crippen molar-refractivity contribution in [3.63, 3.8) is 0 Å². The number of aliphatic hydroxyl groups excluding tert-OH is 1. The summed E-state index contributed by atoms with van der Waals surface area (Å²) in [6.07, 6.45) is -0.262. The number of aliphatic hydroxyl groups is 1. The Kier molecular flexibility index (Phi) is 5.24. The summed E-state index contributed by atoms with van der Waals surface area (Å²) >= 11 is 11.5. The Morgan fingerprint density at radius 1 is 1.39 bits per heavy atom. The molecule has 4 N–H and O–H groups in total. The molecular weight excluding hydrogens is 299 g/mol. The van der Waals surface area contributed by atoms with Gasteiger partial charge in [-0.1, -0.05) is 23.2 Å². The molecule has 0 aliphatic carbocycles. The Labute approximate surface area is 116 Å². The van der Waals surface area contributed by atoms with E-state index in [1.165, 1.54) is 12.1 Å². The van der Waals surface area contributed by atoms with E-state index in [0.29, 0.717) is 6.42 Å². The molecule has 1 unspecified atom stereocenters. The maximum Gasteiger partial charge on any atom is 0.240 e. The van der Waals surface area contributed by atoms with Crippen molar-refractivity contribution in [2.45, 2.75) is 24.3 Å². The van der Waals surface area contributed by atoms with Gasteiger partial charge in [-0.15, -0.1) is 0 Å². The average Bonchev–Trinajstić information content (AvgIpc) is 2.24. The number of nitrogens with two attached hydrogens (primary N) is 1. The van der Waals surface area contributed by atoms with Crippen LogP contribution < -0.4 is 10.5 Å². The van der Waals surface area contributed by atoms with E-state index < -0.39 is 16.1 Å². The van der Waals surface area contributed by atoms with E-state index in [2.05, 4.69) is 4.72 Å². The summed E-state index contributed by atoms with van der Waals surface area (Å²) < 4.78 is 26.1. The van der Waals surface area contributed by atoms with Gasteiger partial charge >= 0.3 is 0 Å². The van der Waals surface area contributed by atoms with Crippen LogP contribution in [-0.4, -0.2) is 26.2 Å². The predicted molar refractivity (Wildman–Crippen MR) is 72.4 cm³/mol. The van der Waals surface area contributed by atoms with Crippen LogP contribution >= 0.6 is 23.2 Å². The molecule has 0 fully saturated rings. The zero-order valence-electron chi connectivity index (χ0n) is 9.65. The van der Waals surface area contributed by atoms with E-state index in [1.807, 2.05) is 0 Å². The van der Waals surface area contributed by atoms with Crippen LogP contribution in [0.15, 0.2) is 17.0 Å². The molecule has 1 aromatic rings. The van der Waals surface area contributed by atoms with Gasteiger partial charge < -0.3 is 10.8 Å². The lowest BCUT2D eigenvalue weighted by Crippen LogP contribution is -2.26. The van der Waals surface area contributed by atoms with Crippen molar-refractivity contribution >= 4 is 38.9 Å². The van der Waals surface area contributed by atoms with Gasteiger partial charge in [-0.3, -0.25) is 0 Å². The van der Waals surface area contributed by atoms with Gasteiger partial charge in [0.2, 0.25) is 10.0 Å². The van der Waals surface area contributed by atoms with E-state index in [0.717, 1.165) is 0 Å². The normalized spacial score (nSPS) is 13.6. The minimum Gasteiger partial charge on any atom is -0.396 e. The van der Waals surface area contributed by atoms with Gasteiger partial charge in [-0.2, -0.15) is 0 Å². The first kappa shape index (κ1) is 15.5. The molecule has 8 heteroatoms. The zero-order chi connectivity index (χ0) is 13.9. The minimum atomic E-state index is -3.70. The molecule has 0 amide bonds. The summed E-state index contributed by atoms with van der Waals surface area (Å²) in [5.74, 6) is 0. The summed E-state index contributed by atoms with van der Waals surface area (Å²) in [5.41, 5.74) is 5.66. The van der Waals surface area contributed by atoms with Crippen molar-refractivity contribution in [3.8, 4) is 0 Å². The standard InChI is InChI=1S/C10H14Cl2N2O3S/c1-6(15)2-3-14-18(16,17)7-4-8(11)10(13)9(12)5-7/h4-6,14-15H,2-3,13H2,1H3. The summed E-state index contributed by atoms with van der Waals surface area (Å²) in [6.45, 7) is 1.70. The number of benzene rings is 1. The predicted octanol–water partition coefficient (Wildman–Crippen LogP) is 1.62. The van der Waals surface area contributed by atoms with Crippen molar-refractivity contribution in [1.82, 2.24) is 4.72 Å². The number of rotatable bonds is 5. The second kappa shape index (κ2) is 6.08. The van der Waals surface area contributed by atoms with Gasteiger partial charge in [-0.05, 0) is 25.5 Å². The number of halogens is 2. The smallest absolute Gasteiger partial charge is 0.240 e. The SMILES string of the molecule is CC(O)CCNS(=O)(=O)c1cc(Cl)c(N)c(Cl)c1. The highest BCUT2D eigenvalue weighted by Gasteiger charge is 2.17. The van der Waals surface area contributed by atoms with E-state index in [1.54, 1.807) is 6.92 Å². The summed E-state index contributed by atoms with van der Waals surface area (Å²) in [5, 5.41) is 9.21. The van der Waals surface area contributed by atoms with Crippen LogP contribution in [0.1, 0.15) is 13.3 Å². The van der Waals surface area contributed by atoms with E-state index >= 15 is 0 Å². The van der Waals surface area contributed by atoms with Crippen molar-refractivity contribution in [2.75, 3.05) is 12.3 Å². The Balaban J connectivity index is 2.92. The van der Waals surface area contributed by atoms with E-state index in [9.17, 15) is 8.42 Å². The first-order chi connectivity index (χ1) is 8.24. The lowest BCUT2D eigenvalue weighted by Gasteiger charge is -2.10. The van der Waals surface area contributed by atoms with Crippen LogP contribution in [0.5, 0.6) is 0 Å². The highest BCUT2D eigenvalue weighted by atomic mass is 35.5. The molecule has 1 aromatic carbocycles. The van der Waals surface area contributed by atoms with Crippen LogP contribution in [0.3, 0.4) is 0 Å². The van der Waals surface area contributed by atoms with E-state index in [4.69, 9.17) is 34.0 Å². The maximum atomic E-state index is 11.9. The number of nitrogen functional groups attached to an aromatic ring is 1. The fourth-order valence-electron chi connectivity index (χ4n) is 1.20. The molecule has 0 saturated carbocycles. The molecule has 0 spiro atoms. The number of anilines is 1. The lowest BCUT2D eigenvalue weighted by molar-refractivity contribution is 0.186. The monoisotopic (exact) mass is 312 g/mol. The molecule has 0 saturated heterocycles. The molecule has 1 atom stereocenters. The molecule has 0 aliphatic heterocycles. The Bertz CT molecular complexity index is 509. The first-order valence-corrected chi connectivity index (χ1v) is 7.40. The van der Waals surface area contributed by atoms with Crippen molar-refractivity contribution in [2.24, 2.45) is 0 Å². The van der Waals surface area contributed by atoms with Crippen LogP contribution in [-0.2, 0) is 10.0 Å². The number of sulfonamides is 1. The maximum absolute atomic E-state index is 11.9. The third-order valence-corrected chi connectivity index (χ3v) is 4.28. The van der Waals surface area contributed by atoms with Gasteiger partial charge in [-0.25, -0.2) is 13.1 Å². The minimum absolute atomic E-state index is 0.0581. The lowest BCUT2D eigenvalue weighted by atomic mass is 10.3. The first-order valence-electron chi connectivity index (χ1n) is 5.16. The van der Waals surface area contributed by atoms with Crippen molar-refractivity contribution in [1.29, 1.82) is 0 Å². The number of hydrogen-bond donors (Lipinski definition) is 3. The van der Waals surface area contributed by atoms with Crippen LogP contribution in [0.2, 0.25) is 10.0 Å². The van der Waals surface area contributed by atoms with Gasteiger partial charge in [0.05, 0.1) is 26.7 Å². The highest BCUT2D eigenvalue weighted by Crippen LogP contribution is 2.30. The molecule has 0 bridgehead atoms. The topological polar surface area (TPSA) is 92.4 Å². The fraction of sp³-hybridized carbons (Fsp3) is 0.400. The second-order valence-electron chi connectivity index (χ2n) is 3.84. The summed E-state index contributed by atoms with van der Waals surface area (Å²) in [6, 6.07) is 2.46. The molecular formula is C10H14Cl2N2O3S. The highest BCUT2D eigenvalue weighted by molar-refractivity contribution is 7.89. The zero-order valence-corrected chi connectivity index (χ0v) is 12.0. The van der Waals surface area contributed by atoms with Crippen LogP contribution in [0, 0.1) is 0 Å². The molecule has 0 radical (unpaired) electrons. The second-order valence-corrected chi connectivity index (χ2v) is 6.42. The van der Waals surface area contributed by atoms with Crippen LogP contribution in [0.25, 0.3) is 0 Å². The molecule has 1 rings (SSSR count). The van der Waals surface area contributed by atoms with Crippen LogP contribution in [0.4, 0.5) is 5.69 Å². The molecule has 0 heterocycles. The summed E-state index contributed by atoms with van der Waals surface area (Å²) in [7, 11) is -3.70. The van der Waals surface area contributed by atoms with E-state index in [-0.39, 0.29) is 27.2 Å². The van der Waals surface area contributed by atoms with Crippen molar-refractivity contribution in [3.05, 3.63) is 22.2 Å². The largest absolute Gasteiger partial charge is 0.396 e. The fourth-order valence-corrected chi connectivity index (χ4v) is 2.92. The average molecular weight is 313 g/mol. The van der Waals surface area contributed by atoms with Gasteiger partial charge in [0, 0.05) is 6.54 Å². The molecule has 18 heavy (non-hydrogen) atoms. The molecule has 0 aliphatic rings. The molecule has 102 valence electrons. The Morgan fingerprint density at radius 2 is 1.89 bits per heavy atom. The van der Waals surface area contributed by atoms with Gasteiger partial charge in [0.25, 0.3) is 0 Å². The Morgan fingerprint density at radius 3 is 2.33 bits per heavy atom. The van der Waals surface area contributed by atoms with Crippen molar-refractivity contribution < 1.29 is 13.5 Å². The van der Waals surface area contributed by atoms with Gasteiger partial charge in [0.15, 0.2) is 0 Å². The van der Waals surface area contributed by atoms with Gasteiger partial charge in [0.1, 0.15) is 0 Å². The Hall–Kier alpha value is -0.530. The third kappa shape index (κ3) is 4.00. The quantitative estimate of drug-likeness (QED) is 0.720. The summed E-state index contributed by atoms with van der Waals surface area (Å²) in [4.78, 5) is -0.0581. The third-order valence-electron chi connectivity index (χ3n) is 2.22. The molecule has 0 aromatic heterocycles.